The van der Waals surface area contributed by atoms with E-state index in [1.807, 2.05) is 32.0 Å². The zero-order valence-electron chi connectivity index (χ0n) is 18.1. The highest BCUT2D eigenvalue weighted by atomic mass is 35.5. The number of nitrogens with one attached hydrogen (secondary N) is 1. The molecule has 1 aromatic heterocycles. The number of likely N-dealkylation sites (tertiary alicyclic amines) is 1. The minimum atomic E-state index is -0.843. The molecule has 0 radical (unpaired) electrons. The van der Waals surface area contributed by atoms with Crippen LogP contribution < -0.4 is 11.1 Å². The van der Waals surface area contributed by atoms with E-state index in [2.05, 4.69) is 10.3 Å². The van der Waals surface area contributed by atoms with Gasteiger partial charge in [-0.1, -0.05) is 49.7 Å². The molecule has 172 valence electrons. The standard InChI is InChI=1S/C23H29ClN4O4/c1-13(2)20(25)23(32)28-11-16(30)10-19(28)22(31)27-18(12-29)15-7-5-14(6-8-15)17-4-3-9-26-21(17)24/h3-9,13,16,18-20,29-30H,10-12,25H2,1-2H3,(H,27,31)/t16?,18-,19?,20-/m0/s1. The van der Waals surface area contributed by atoms with Crippen LogP contribution in [0.25, 0.3) is 11.1 Å². The number of aromatic nitrogens is 1. The van der Waals surface area contributed by atoms with Crippen molar-refractivity contribution in [1.29, 1.82) is 0 Å². The molecule has 32 heavy (non-hydrogen) atoms. The van der Waals surface area contributed by atoms with Crippen LogP contribution >= 0.6 is 11.6 Å². The number of nitrogens with two attached hydrogens (primary N) is 1. The quantitative estimate of drug-likeness (QED) is 0.463. The number of hydrogen-bond donors (Lipinski definition) is 4. The Hall–Kier alpha value is -2.52. The summed E-state index contributed by atoms with van der Waals surface area (Å²) in [6.07, 6.45) is 0.934. The number of β-amino-alcohol motifs (C(OH)–C–C–N with tert-alkyl or cyclic N) is 1. The number of benzene rings is 1. The highest BCUT2D eigenvalue weighted by molar-refractivity contribution is 6.32. The van der Waals surface area contributed by atoms with Gasteiger partial charge in [0.15, 0.2) is 0 Å². The van der Waals surface area contributed by atoms with E-state index in [9.17, 15) is 19.8 Å². The van der Waals surface area contributed by atoms with E-state index < -0.39 is 30.1 Å². The summed E-state index contributed by atoms with van der Waals surface area (Å²) in [5.74, 6) is -0.903. The van der Waals surface area contributed by atoms with Gasteiger partial charge in [-0.05, 0) is 29.2 Å². The van der Waals surface area contributed by atoms with Crippen molar-refractivity contribution in [3.05, 3.63) is 53.3 Å². The summed E-state index contributed by atoms with van der Waals surface area (Å²) in [6.45, 7) is 3.39. The molecule has 1 aromatic carbocycles. The molecule has 2 heterocycles. The van der Waals surface area contributed by atoms with Gasteiger partial charge in [0.05, 0.1) is 24.8 Å². The molecule has 0 bridgehead atoms. The van der Waals surface area contributed by atoms with Crippen LogP contribution in [0.5, 0.6) is 0 Å². The van der Waals surface area contributed by atoms with Crippen molar-refractivity contribution in [3.8, 4) is 11.1 Å². The molecule has 2 amide bonds. The fraction of sp³-hybridized carbons (Fsp3) is 0.435. The van der Waals surface area contributed by atoms with Gasteiger partial charge < -0.3 is 26.2 Å². The lowest BCUT2D eigenvalue weighted by molar-refractivity contribution is -0.140. The number of aliphatic hydroxyl groups is 2. The SMILES string of the molecule is CC(C)[C@H](N)C(=O)N1CC(O)CC1C(=O)N[C@@H](CO)c1ccc(-c2cccnc2Cl)cc1. The van der Waals surface area contributed by atoms with Crippen LogP contribution in [0.4, 0.5) is 0 Å². The Bertz CT molecular complexity index is 953. The van der Waals surface area contributed by atoms with E-state index in [1.165, 1.54) is 4.90 Å². The van der Waals surface area contributed by atoms with Crippen LogP contribution in [0.15, 0.2) is 42.6 Å². The molecule has 1 aliphatic rings. The van der Waals surface area contributed by atoms with E-state index in [0.29, 0.717) is 10.7 Å². The first kappa shape index (κ1) is 24.1. The van der Waals surface area contributed by atoms with Gasteiger partial charge in [-0.3, -0.25) is 9.59 Å². The summed E-state index contributed by atoms with van der Waals surface area (Å²) >= 11 is 6.15. The summed E-state index contributed by atoms with van der Waals surface area (Å²) in [7, 11) is 0. The van der Waals surface area contributed by atoms with Gasteiger partial charge in [-0.2, -0.15) is 0 Å². The molecule has 0 saturated carbocycles. The van der Waals surface area contributed by atoms with Crippen molar-refractivity contribution < 1.29 is 19.8 Å². The van der Waals surface area contributed by atoms with Crippen LogP contribution in [-0.2, 0) is 9.59 Å². The Morgan fingerprint density at radius 1 is 1.28 bits per heavy atom. The molecule has 5 N–H and O–H groups in total. The van der Waals surface area contributed by atoms with Crippen molar-refractivity contribution in [2.75, 3.05) is 13.2 Å². The van der Waals surface area contributed by atoms with Crippen LogP contribution in [0.3, 0.4) is 0 Å². The lowest BCUT2D eigenvalue weighted by Crippen LogP contribution is -2.53. The number of pyridine rings is 1. The second-order valence-corrected chi connectivity index (χ2v) is 8.73. The zero-order chi connectivity index (χ0) is 23.4. The number of carbonyl (C=O) groups excluding carboxylic acids is 2. The van der Waals surface area contributed by atoms with Gasteiger partial charge in [0.1, 0.15) is 11.2 Å². The molecular formula is C23H29ClN4O4. The van der Waals surface area contributed by atoms with Crippen LogP contribution in [0.1, 0.15) is 31.9 Å². The fourth-order valence-corrected chi connectivity index (χ4v) is 4.01. The van der Waals surface area contributed by atoms with Crippen molar-refractivity contribution >= 4 is 23.4 Å². The largest absolute Gasteiger partial charge is 0.394 e. The Morgan fingerprint density at radius 2 is 1.97 bits per heavy atom. The maximum Gasteiger partial charge on any atom is 0.243 e. The third kappa shape index (κ3) is 5.27. The number of aliphatic hydroxyl groups excluding tert-OH is 2. The number of nitrogens with zero attached hydrogens (tertiary/aromatic N) is 2. The van der Waals surface area contributed by atoms with Gasteiger partial charge in [0.2, 0.25) is 11.8 Å². The average molecular weight is 461 g/mol. The molecule has 0 spiro atoms. The van der Waals surface area contributed by atoms with Crippen LogP contribution in [0.2, 0.25) is 5.15 Å². The molecule has 2 unspecified atom stereocenters. The highest BCUT2D eigenvalue weighted by Crippen LogP contribution is 2.27. The van der Waals surface area contributed by atoms with E-state index >= 15 is 0 Å². The monoisotopic (exact) mass is 460 g/mol. The second-order valence-electron chi connectivity index (χ2n) is 8.37. The first-order valence-corrected chi connectivity index (χ1v) is 11.0. The van der Waals surface area contributed by atoms with Crippen LogP contribution in [-0.4, -0.2) is 63.3 Å². The molecule has 1 saturated heterocycles. The minimum absolute atomic E-state index is 0.0572. The van der Waals surface area contributed by atoms with Gasteiger partial charge >= 0.3 is 0 Å². The number of carbonyl (C=O) groups is 2. The predicted molar refractivity (Wildman–Crippen MR) is 122 cm³/mol. The first-order chi connectivity index (χ1) is 15.2. The summed E-state index contributed by atoms with van der Waals surface area (Å²) in [5, 5.41) is 23.2. The van der Waals surface area contributed by atoms with E-state index in [-0.39, 0.29) is 31.4 Å². The Labute approximate surface area is 192 Å². The zero-order valence-corrected chi connectivity index (χ0v) is 18.9. The van der Waals surface area contributed by atoms with Gasteiger partial charge in [-0.15, -0.1) is 0 Å². The summed E-state index contributed by atoms with van der Waals surface area (Å²) in [5.41, 5.74) is 8.31. The number of amides is 2. The van der Waals surface area contributed by atoms with Crippen molar-refractivity contribution in [2.45, 2.75) is 44.5 Å². The lowest BCUT2D eigenvalue weighted by Gasteiger charge is -2.29. The number of halogens is 1. The number of hydrogen-bond acceptors (Lipinski definition) is 6. The average Bonchev–Trinajstić information content (AvgIpc) is 3.18. The molecule has 8 nitrogen and oxygen atoms in total. The molecule has 2 aromatic rings. The Kier molecular flexibility index (Phi) is 7.84. The topological polar surface area (TPSA) is 129 Å². The number of rotatable bonds is 7. The van der Waals surface area contributed by atoms with Gasteiger partial charge in [0, 0.05) is 24.7 Å². The predicted octanol–water partition coefficient (Wildman–Crippen LogP) is 1.50. The molecule has 1 fully saturated rings. The van der Waals surface area contributed by atoms with Crippen molar-refractivity contribution in [2.24, 2.45) is 11.7 Å². The Morgan fingerprint density at radius 3 is 2.56 bits per heavy atom. The summed E-state index contributed by atoms with van der Waals surface area (Å²) in [4.78, 5) is 31.1. The third-order valence-corrected chi connectivity index (χ3v) is 6.05. The van der Waals surface area contributed by atoms with E-state index in [1.54, 1.807) is 24.4 Å². The highest BCUT2D eigenvalue weighted by Gasteiger charge is 2.41. The van der Waals surface area contributed by atoms with Gasteiger partial charge in [-0.25, -0.2) is 4.98 Å². The lowest BCUT2D eigenvalue weighted by atomic mass is 10.0. The van der Waals surface area contributed by atoms with E-state index in [0.717, 1.165) is 11.1 Å². The van der Waals surface area contributed by atoms with Crippen LogP contribution in [0, 0.1) is 5.92 Å². The fourth-order valence-electron chi connectivity index (χ4n) is 3.78. The first-order valence-electron chi connectivity index (χ1n) is 10.6. The Balaban J connectivity index is 1.73. The summed E-state index contributed by atoms with van der Waals surface area (Å²) in [6, 6.07) is 8.64. The molecule has 3 rings (SSSR count). The smallest absolute Gasteiger partial charge is 0.243 e. The van der Waals surface area contributed by atoms with E-state index in [4.69, 9.17) is 17.3 Å². The molecule has 9 heteroatoms. The maximum absolute atomic E-state index is 13.0. The molecule has 4 atom stereocenters. The van der Waals surface area contributed by atoms with Gasteiger partial charge in [0.25, 0.3) is 0 Å². The minimum Gasteiger partial charge on any atom is -0.394 e. The molecule has 1 aliphatic heterocycles. The van der Waals surface area contributed by atoms with Crippen molar-refractivity contribution in [3.63, 3.8) is 0 Å². The molecular weight excluding hydrogens is 432 g/mol. The third-order valence-electron chi connectivity index (χ3n) is 5.75. The normalized spacial score (nSPS) is 20.3. The second kappa shape index (κ2) is 10.4. The summed E-state index contributed by atoms with van der Waals surface area (Å²) < 4.78 is 0. The molecule has 0 aliphatic carbocycles. The maximum atomic E-state index is 13.0. The van der Waals surface area contributed by atoms with Crippen molar-refractivity contribution in [1.82, 2.24) is 15.2 Å².